The third kappa shape index (κ3) is 2.62. The number of fused-ring (bicyclic) bond motifs is 5. The van der Waals surface area contributed by atoms with E-state index in [4.69, 9.17) is 0 Å². The predicted octanol–water partition coefficient (Wildman–Crippen LogP) is 7.08. The van der Waals surface area contributed by atoms with Gasteiger partial charge >= 0.3 is 0 Å². The van der Waals surface area contributed by atoms with E-state index >= 15 is 0 Å². The summed E-state index contributed by atoms with van der Waals surface area (Å²) in [5.41, 5.74) is 0.706. The Hall–Kier alpha value is 0. The van der Waals surface area contributed by atoms with Crippen molar-refractivity contribution in [1.29, 1.82) is 0 Å². The molecule has 0 aliphatic heterocycles. The fraction of sp³-hybridized carbons (Fsp3) is 1.00. The molecule has 8 atom stereocenters. The molecular formula is C23H40. The summed E-state index contributed by atoms with van der Waals surface area (Å²) >= 11 is 0. The van der Waals surface area contributed by atoms with Gasteiger partial charge in [0, 0.05) is 0 Å². The molecule has 0 nitrogen and oxygen atoms in total. The quantitative estimate of drug-likeness (QED) is 0.521. The van der Waals surface area contributed by atoms with E-state index in [0.717, 1.165) is 41.4 Å². The Morgan fingerprint density at radius 1 is 0.870 bits per heavy atom. The van der Waals surface area contributed by atoms with Gasteiger partial charge in [-0.1, -0.05) is 52.9 Å². The van der Waals surface area contributed by atoms with Crippen molar-refractivity contribution in [3.63, 3.8) is 0 Å². The highest BCUT2D eigenvalue weighted by molar-refractivity contribution is 5.06. The Labute approximate surface area is 145 Å². The van der Waals surface area contributed by atoms with Gasteiger partial charge < -0.3 is 0 Å². The van der Waals surface area contributed by atoms with Crippen molar-refractivity contribution in [2.24, 2.45) is 46.8 Å². The molecule has 4 aliphatic carbocycles. The van der Waals surface area contributed by atoms with E-state index in [1.165, 1.54) is 19.3 Å². The van der Waals surface area contributed by atoms with Crippen molar-refractivity contribution in [2.45, 2.75) is 97.8 Å². The van der Waals surface area contributed by atoms with Crippen LogP contribution in [0.3, 0.4) is 0 Å². The monoisotopic (exact) mass is 316 g/mol. The van der Waals surface area contributed by atoms with E-state index in [1.807, 2.05) is 0 Å². The second-order valence-corrected chi connectivity index (χ2v) is 10.2. The van der Waals surface area contributed by atoms with E-state index in [9.17, 15) is 0 Å². The summed E-state index contributed by atoms with van der Waals surface area (Å²) < 4.78 is 0. The molecule has 0 amide bonds. The molecule has 23 heavy (non-hydrogen) atoms. The number of hydrogen-bond donors (Lipinski definition) is 0. The van der Waals surface area contributed by atoms with Crippen LogP contribution >= 0.6 is 0 Å². The summed E-state index contributed by atoms with van der Waals surface area (Å²) in [7, 11) is 0. The molecule has 0 radical (unpaired) electrons. The normalized spacial score (nSPS) is 50.7. The average molecular weight is 317 g/mol. The number of rotatable bonds is 3. The molecule has 4 rings (SSSR count). The van der Waals surface area contributed by atoms with Crippen LogP contribution in [0.25, 0.3) is 0 Å². The highest BCUT2D eigenvalue weighted by atomic mass is 14.6. The smallest absolute Gasteiger partial charge is 0.0264 e. The minimum Gasteiger partial charge on any atom is -0.0654 e. The van der Waals surface area contributed by atoms with Crippen molar-refractivity contribution in [3.8, 4) is 0 Å². The van der Waals surface area contributed by atoms with Crippen LogP contribution in [0.1, 0.15) is 97.8 Å². The van der Waals surface area contributed by atoms with Crippen LogP contribution in [0.4, 0.5) is 0 Å². The van der Waals surface area contributed by atoms with Crippen LogP contribution in [0.5, 0.6) is 0 Å². The van der Waals surface area contributed by atoms with Crippen molar-refractivity contribution in [1.82, 2.24) is 0 Å². The van der Waals surface area contributed by atoms with Crippen LogP contribution in [0, 0.1) is 46.8 Å². The third-order valence-electron chi connectivity index (χ3n) is 9.39. The van der Waals surface area contributed by atoms with E-state index in [0.29, 0.717) is 5.41 Å². The first-order valence-corrected chi connectivity index (χ1v) is 11.1. The van der Waals surface area contributed by atoms with Gasteiger partial charge in [-0.2, -0.15) is 0 Å². The van der Waals surface area contributed by atoms with Crippen molar-refractivity contribution in [2.75, 3.05) is 0 Å². The summed E-state index contributed by atoms with van der Waals surface area (Å²) in [6, 6.07) is 0. The summed E-state index contributed by atoms with van der Waals surface area (Å²) in [6.45, 7) is 7.68. The molecule has 0 aromatic rings. The first-order chi connectivity index (χ1) is 11.1. The molecule has 0 spiro atoms. The first-order valence-electron chi connectivity index (χ1n) is 11.1. The summed E-state index contributed by atoms with van der Waals surface area (Å²) in [4.78, 5) is 0. The molecule has 0 heteroatoms. The van der Waals surface area contributed by atoms with Gasteiger partial charge in [0.2, 0.25) is 0 Å². The standard InChI is InChI=1S/C23H40/c1-4-7-16(2)21-12-13-22-20-11-10-17-8-5-6-9-18(17)19(20)14-15-23(21,22)3/h16-22H,4-15H2,1-3H3/t16-,17?,18+,19-,20-,21-,22+,23-/m1/s1. The Morgan fingerprint density at radius 2 is 1.70 bits per heavy atom. The van der Waals surface area contributed by atoms with Crippen LogP contribution in [0.2, 0.25) is 0 Å². The van der Waals surface area contributed by atoms with Crippen molar-refractivity contribution < 1.29 is 0 Å². The van der Waals surface area contributed by atoms with Crippen LogP contribution < -0.4 is 0 Å². The molecule has 0 saturated heterocycles. The van der Waals surface area contributed by atoms with Gasteiger partial charge in [0.25, 0.3) is 0 Å². The zero-order chi connectivity index (χ0) is 16.0. The third-order valence-corrected chi connectivity index (χ3v) is 9.39. The fourth-order valence-corrected chi connectivity index (χ4v) is 8.46. The molecular weight excluding hydrogens is 276 g/mol. The van der Waals surface area contributed by atoms with E-state index in [-0.39, 0.29) is 0 Å². The Balaban J connectivity index is 1.53. The van der Waals surface area contributed by atoms with Gasteiger partial charge in [-0.25, -0.2) is 0 Å². The lowest BCUT2D eigenvalue weighted by molar-refractivity contribution is -0.0687. The molecule has 132 valence electrons. The summed E-state index contributed by atoms with van der Waals surface area (Å²) in [6.07, 6.45) is 18.6. The molecule has 0 aromatic carbocycles. The van der Waals surface area contributed by atoms with Gasteiger partial charge in [-0.15, -0.1) is 0 Å². The fourth-order valence-electron chi connectivity index (χ4n) is 8.46. The van der Waals surface area contributed by atoms with E-state index < -0.39 is 0 Å². The van der Waals surface area contributed by atoms with Crippen LogP contribution in [-0.2, 0) is 0 Å². The lowest BCUT2D eigenvalue weighted by atomic mass is 9.49. The molecule has 0 heterocycles. The number of hydrogen-bond acceptors (Lipinski definition) is 0. The maximum absolute atomic E-state index is 2.73. The lowest BCUT2D eigenvalue weighted by Gasteiger charge is -2.56. The second-order valence-electron chi connectivity index (χ2n) is 10.2. The second kappa shape index (κ2) is 6.38. The zero-order valence-corrected chi connectivity index (χ0v) is 16.0. The molecule has 0 bridgehead atoms. The highest BCUT2D eigenvalue weighted by Crippen LogP contribution is 2.65. The van der Waals surface area contributed by atoms with Crippen molar-refractivity contribution in [3.05, 3.63) is 0 Å². The Kier molecular flexibility index (Phi) is 4.57. The molecule has 0 N–H and O–H groups in total. The Morgan fingerprint density at radius 3 is 2.52 bits per heavy atom. The van der Waals surface area contributed by atoms with E-state index in [1.54, 1.807) is 57.8 Å². The minimum atomic E-state index is 0.706. The predicted molar refractivity (Wildman–Crippen MR) is 99.3 cm³/mol. The molecule has 4 aliphatic rings. The minimum absolute atomic E-state index is 0.706. The van der Waals surface area contributed by atoms with Gasteiger partial charge in [-0.3, -0.25) is 0 Å². The largest absolute Gasteiger partial charge is 0.0654 e. The van der Waals surface area contributed by atoms with Gasteiger partial charge in [0.05, 0.1) is 0 Å². The average Bonchev–Trinajstić information content (AvgIpc) is 2.92. The Bertz CT molecular complexity index is 412. The molecule has 0 aromatic heterocycles. The molecule has 4 saturated carbocycles. The van der Waals surface area contributed by atoms with Crippen LogP contribution in [-0.4, -0.2) is 0 Å². The summed E-state index contributed by atoms with van der Waals surface area (Å²) in [5.74, 6) is 7.62. The molecule has 4 fully saturated rings. The van der Waals surface area contributed by atoms with Crippen molar-refractivity contribution >= 4 is 0 Å². The van der Waals surface area contributed by atoms with Gasteiger partial charge in [0.1, 0.15) is 0 Å². The first kappa shape index (κ1) is 16.5. The molecule has 1 unspecified atom stereocenters. The van der Waals surface area contributed by atoms with Gasteiger partial charge in [0.15, 0.2) is 0 Å². The SMILES string of the molecule is CCC[C@@H](C)[C@H]1CC[C@H]2[C@@H]3CCC4CCCC[C@@H]4[C@H]3CC[C@]12C. The zero-order valence-electron chi connectivity index (χ0n) is 16.0. The van der Waals surface area contributed by atoms with Crippen LogP contribution in [0.15, 0.2) is 0 Å². The maximum atomic E-state index is 2.73. The van der Waals surface area contributed by atoms with Gasteiger partial charge in [-0.05, 0) is 91.8 Å². The summed E-state index contributed by atoms with van der Waals surface area (Å²) in [5, 5.41) is 0. The topological polar surface area (TPSA) is 0 Å². The maximum Gasteiger partial charge on any atom is -0.0264 e. The highest BCUT2D eigenvalue weighted by Gasteiger charge is 2.57. The van der Waals surface area contributed by atoms with E-state index in [2.05, 4.69) is 20.8 Å². The lowest BCUT2D eigenvalue weighted by Crippen LogP contribution is -2.48.